The molecule has 1 heterocycles. The zero-order valence-electron chi connectivity index (χ0n) is 10.5. The van der Waals surface area contributed by atoms with E-state index >= 15 is 0 Å². The average Bonchev–Trinajstić information content (AvgIpc) is 2.85. The molecule has 1 unspecified atom stereocenters. The van der Waals surface area contributed by atoms with Crippen LogP contribution in [0.15, 0.2) is 47.1 Å². The minimum atomic E-state index is 0.391. The second-order valence-electron chi connectivity index (χ2n) is 4.37. The fraction of sp³-hybridized carbons (Fsp3) is 0.333. The van der Waals surface area contributed by atoms with Crippen molar-refractivity contribution in [2.45, 2.75) is 25.8 Å². The van der Waals surface area contributed by atoms with Crippen LogP contribution in [0.3, 0.4) is 0 Å². The van der Waals surface area contributed by atoms with E-state index in [9.17, 15) is 0 Å². The molecule has 0 fully saturated rings. The van der Waals surface area contributed by atoms with Crippen molar-refractivity contribution in [2.24, 2.45) is 0 Å². The Kier molecular flexibility index (Phi) is 4.85. The van der Waals surface area contributed by atoms with Crippen LogP contribution in [-0.2, 0) is 12.8 Å². The summed E-state index contributed by atoms with van der Waals surface area (Å²) >= 11 is 5.89. The standard InChI is InChI=1S/C15H18ClNO/c1-2-17-14(11-15-4-3-9-18-15)10-12-5-7-13(16)8-6-12/h3-9,14,17H,2,10-11H2,1H3. The first-order valence-corrected chi connectivity index (χ1v) is 6.66. The Morgan fingerprint density at radius 2 is 1.94 bits per heavy atom. The third kappa shape index (κ3) is 3.90. The summed E-state index contributed by atoms with van der Waals surface area (Å²) < 4.78 is 5.41. The Morgan fingerprint density at radius 1 is 1.17 bits per heavy atom. The van der Waals surface area contributed by atoms with E-state index in [1.54, 1.807) is 6.26 Å². The maximum atomic E-state index is 5.89. The van der Waals surface area contributed by atoms with Crippen molar-refractivity contribution in [3.63, 3.8) is 0 Å². The van der Waals surface area contributed by atoms with Crippen LogP contribution < -0.4 is 5.32 Å². The summed E-state index contributed by atoms with van der Waals surface area (Å²) in [4.78, 5) is 0. The second kappa shape index (κ2) is 6.62. The van der Waals surface area contributed by atoms with Gasteiger partial charge in [-0.3, -0.25) is 0 Å². The summed E-state index contributed by atoms with van der Waals surface area (Å²) in [5.74, 6) is 1.02. The molecule has 0 saturated carbocycles. The minimum absolute atomic E-state index is 0.391. The molecule has 1 N–H and O–H groups in total. The monoisotopic (exact) mass is 263 g/mol. The Morgan fingerprint density at radius 3 is 2.56 bits per heavy atom. The number of halogens is 1. The van der Waals surface area contributed by atoms with E-state index in [-0.39, 0.29) is 0 Å². The summed E-state index contributed by atoms with van der Waals surface area (Å²) in [6.45, 7) is 3.08. The van der Waals surface area contributed by atoms with Gasteiger partial charge in [0.2, 0.25) is 0 Å². The van der Waals surface area contributed by atoms with E-state index in [1.807, 2.05) is 24.3 Å². The van der Waals surface area contributed by atoms with Crippen molar-refractivity contribution >= 4 is 11.6 Å². The van der Waals surface area contributed by atoms with Gasteiger partial charge in [0.1, 0.15) is 5.76 Å². The normalized spacial score (nSPS) is 12.6. The van der Waals surface area contributed by atoms with Gasteiger partial charge in [0.15, 0.2) is 0 Å². The van der Waals surface area contributed by atoms with Gasteiger partial charge >= 0.3 is 0 Å². The molecule has 0 saturated heterocycles. The molecule has 0 spiro atoms. The van der Waals surface area contributed by atoms with Gasteiger partial charge in [-0.05, 0) is 42.8 Å². The van der Waals surface area contributed by atoms with Crippen molar-refractivity contribution < 1.29 is 4.42 Å². The molecule has 2 rings (SSSR count). The number of rotatable bonds is 6. The average molecular weight is 264 g/mol. The van der Waals surface area contributed by atoms with Crippen molar-refractivity contribution in [3.8, 4) is 0 Å². The molecule has 1 aromatic carbocycles. The highest BCUT2D eigenvalue weighted by atomic mass is 35.5. The number of hydrogen-bond donors (Lipinski definition) is 1. The Bertz CT molecular complexity index is 450. The molecule has 0 aliphatic heterocycles. The summed E-state index contributed by atoms with van der Waals surface area (Å²) in [5.41, 5.74) is 1.29. The quantitative estimate of drug-likeness (QED) is 0.860. The zero-order chi connectivity index (χ0) is 12.8. The number of hydrogen-bond acceptors (Lipinski definition) is 2. The van der Waals surface area contributed by atoms with E-state index in [0.717, 1.165) is 30.2 Å². The maximum Gasteiger partial charge on any atom is 0.105 e. The van der Waals surface area contributed by atoms with Crippen LogP contribution in [0.1, 0.15) is 18.2 Å². The maximum absolute atomic E-state index is 5.89. The van der Waals surface area contributed by atoms with Crippen LogP contribution >= 0.6 is 11.6 Å². The Labute approximate surface area is 113 Å². The molecule has 2 nitrogen and oxygen atoms in total. The Hall–Kier alpha value is -1.25. The summed E-state index contributed by atoms with van der Waals surface area (Å²) in [6.07, 6.45) is 3.61. The third-order valence-electron chi connectivity index (χ3n) is 2.92. The van der Waals surface area contributed by atoms with Crippen LogP contribution in [0.5, 0.6) is 0 Å². The molecule has 0 aliphatic rings. The largest absolute Gasteiger partial charge is 0.469 e. The van der Waals surface area contributed by atoms with Crippen molar-refractivity contribution in [3.05, 3.63) is 59.0 Å². The summed E-state index contributed by atoms with van der Waals surface area (Å²) in [7, 11) is 0. The molecule has 1 aromatic heterocycles. The number of nitrogens with one attached hydrogen (secondary N) is 1. The van der Waals surface area contributed by atoms with E-state index < -0.39 is 0 Å². The first-order valence-electron chi connectivity index (χ1n) is 6.28. The van der Waals surface area contributed by atoms with Gasteiger partial charge in [0.25, 0.3) is 0 Å². The van der Waals surface area contributed by atoms with Gasteiger partial charge in [-0.1, -0.05) is 30.7 Å². The van der Waals surface area contributed by atoms with Gasteiger partial charge in [0, 0.05) is 17.5 Å². The lowest BCUT2D eigenvalue weighted by molar-refractivity contribution is 0.444. The predicted octanol–water partition coefficient (Wildman–Crippen LogP) is 3.70. The molecule has 1 atom stereocenters. The molecule has 96 valence electrons. The highest BCUT2D eigenvalue weighted by molar-refractivity contribution is 6.30. The van der Waals surface area contributed by atoms with E-state index in [4.69, 9.17) is 16.0 Å². The highest BCUT2D eigenvalue weighted by Crippen LogP contribution is 2.13. The van der Waals surface area contributed by atoms with E-state index in [0.29, 0.717) is 6.04 Å². The fourth-order valence-electron chi connectivity index (χ4n) is 2.08. The Balaban J connectivity index is 1.99. The lowest BCUT2D eigenvalue weighted by Gasteiger charge is -2.16. The molecule has 3 heteroatoms. The molecular formula is C15H18ClNO. The molecule has 2 aromatic rings. The number of furan rings is 1. The fourth-order valence-corrected chi connectivity index (χ4v) is 2.21. The van der Waals surface area contributed by atoms with Crippen LogP contribution in [0.2, 0.25) is 5.02 Å². The first-order chi connectivity index (χ1) is 8.78. The van der Waals surface area contributed by atoms with Crippen LogP contribution in [0, 0.1) is 0 Å². The van der Waals surface area contributed by atoms with Gasteiger partial charge in [0.05, 0.1) is 6.26 Å². The minimum Gasteiger partial charge on any atom is -0.469 e. The van der Waals surface area contributed by atoms with Gasteiger partial charge in [-0.15, -0.1) is 0 Å². The first kappa shape index (κ1) is 13.2. The lowest BCUT2D eigenvalue weighted by Crippen LogP contribution is -2.32. The molecule has 0 bridgehead atoms. The highest BCUT2D eigenvalue weighted by Gasteiger charge is 2.11. The smallest absolute Gasteiger partial charge is 0.105 e. The van der Waals surface area contributed by atoms with Crippen LogP contribution in [-0.4, -0.2) is 12.6 Å². The van der Waals surface area contributed by atoms with Crippen LogP contribution in [0.25, 0.3) is 0 Å². The van der Waals surface area contributed by atoms with Crippen molar-refractivity contribution in [1.82, 2.24) is 5.32 Å². The SMILES string of the molecule is CCNC(Cc1ccc(Cl)cc1)Cc1ccco1. The second-order valence-corrected chi connectivity index (χ2v) is 4.81. The van der Waals surface area contributed by atoms with Gasteiger partial charge < -0.3 is 9.73 Å². The van der Waals surface area contributed by atoms with Gasteiger partial charge in [-0.2, -0.15) is 0 Å². The molecule has 18 heavy (non-hydrogen) atoms. The van der Waals surface area contributed by atoms with Crippen molar-refractivity contribution in [2.75, 3.05) is 6.54 Å². The van der Waals surface area contributed by atoms with E-state index in [1.165, 1.54) is 5.56 Å². The van der Waals surface area contributed by atoms with Crippen molar-refractivity contribution in [1.29, 1.82) is 0 Å². The zero-order valence-corrected chi connectivity index (χ0v) is 11.3. The topological polar surface area (TPSA) is 25.2 Å². The predicted molar refractivity (Wildman–Crippen MR) is 75.0 cm³/mol. The van der Waals surface area contributed by atoms with Crippen LogP contribution in [0.4, 0.5) is 0 Å². The summed E-state index contributed by atoms with van der Waals surface area (Å²) in [6, 6.07) is 12.4. The third-order valence-corrected chi connectivity index (χ3v) is 3.17. The molecule has 0 aliphatic carbocycles. The number of likely N-dealkylation sites (N-methyl/N-ethyl adjacent to an activating group) is 1. The lowest BCUT2D eigenvalue weighted by atomic mass is 10.0. The summed E-state index contributed by atoms with van der Waals surface area (Å²) in [5, 5.41) is 4.27. The number of benzene rings is 1. The molecule has 0 radical (unpaired) electrons. The molecule has 0 amide bonds. The van der Waals surface area contributed by atoms with E-state index in [2.05, 4.69) is 24.4 Å². The van der Waals surface area contributed by atoms with Gasteiger partial charge in [-0.25, -0.2) is 0 Å². The molecular weight excluding hydrogens is 246 g/mol.